The normalized spacial score (nSPS) is 15.1. The van der Waals surface area contributed by atoms with Gasteiger partial charge in [0.25, 0.3) is 0 Å². The van der Waals surface area contributed by atoms with Gasteiger partial charge in [-0.25, -0.2) is 23.4 Å². The fourth-order valence-electron chi connectivity index (χ4n) is 3.45. The van der Waals surface area contributed by atoms with Crippen molar-refractivity contribution in [2.24, 2.45) is 0 Å². The van der Waals surface area contributed by atoms with Crippen LogP contribution in [0.4, 0.5) is 22.3 Å². The molecule has 0 radical (unpaired) electrons. The molecule has 172 valence electrons. The van der Waals surface area contributed by atoms with Crippen LogP contribution in [0.2, 0.25) is 0 Å². The quantitative estimate of drug-likeness (QED) is 0.417. The van der Waals surface area contributed by atoms with Crippen molar-refractivity contribution in [2.45, 2.75) is 18.7 Å². The zero-order valence-electron chi connectivity index (χ0n) is 17.9. The standard InChI is InChI=1S/C20H21N7O4S2/c1-12-16(13(2)31-26-12)24-20-25-17-18(21-11-22-19(17)32-20)23-14-3-5-15(6-4-14)33(28,29)27-7-9-30-10-8-27/h3-6,11H,7-10H2,1-2H3,(H,24,25)(H,21,22,23). The summed E-state index contributed by atoms with van der Waals surface area (Å²) in [5, 5.41) is 11.0. The molecule has 0 saturated carbocycles. The molecule has 5 rings (SSSR count). The van der Waals surface area contributed by atoms with E-state index < -0.39 is 10.0 Å². The van der Waals surface area contributed by atoms with Gasteiger partial charge in [-0.05, 0) is 38.1 Å². The molecule has 0 unspecified atom stereocenters. The van der Waals surface area contributed by atoms with Crippen LogP contribution in [0.15, 0.2) is 40.0 Å². The summed E-state index contributed by atoms with van der Waals surface area (Å²) in [4.78, 5) is 14.2. The lowest BCUT2D eigenvalue weighted by molar-refractivity contribution is 0.0730. The number of morpholine rings is 1. The van der Waals surface area contributed by atoms with Gasteiger partial charge in [0.15, 0.2) is 21.5 Å². The molecule has 1 saturated heterocycles. The Morgan fingerprint density at radius 1 is 1.06 bits per heavy atom. The Morgan fingerprint density at radius 2 is 1.82 bits per heavy atom. The molecule has 33 heavy (non-hydrogen) atoms. The highest BCUT2D eigenvalue weighted by molar-refractivity contribution is 7.89. The van der Waals surface area contributed by atoms with Crippen molar-refractivity contribution >= 4 is 54.0 Å². The van der Waals surface area contributed by atoms with Crippen LogP contribution in [-0.4, -0.2) is 59.1 Å². The summed E-state index contributed by atoms with van der Waals surface area (Å²) in [6.07, 6.45) is 1.46. The van der Waals surface area contributed by atoms with Crippen LogP contribution >= 0.6 is 11.3 Å². The number of hydrogen-bond acceptors (Lipinski definition) is 11. The molecule has 1 aliphatic heterocycles. The first-order valence-electron chi connectivity index (χ1n) is 10.2. The molecule has 11 nitrogen and oxygen atoms in total. The molecule has 0 atom stereocenters. The van der Waals surface area contributed by atoms with E-state index in [9.17, 15) is 8.42 Å². The highest BCUT2D eigenvalue weighted by Gasteiger charge is 2.26. The van der Waals surface area contributed by atoms with Crippen molar-refractivity contribution in [1.29, 1.82) is 0 Å². The van der Waals surface area contributed by atoms with Crippen LogP contribution in [0.25, 0.3) is 10.3 Å². The molecule has 13 heteroatoms. The molecule has 1 fully saturated rings. The highest BCUT2D eigenvalue weighted by atomic mass is 32.2. The number of thiazole rings is 1. The summed E-state index contributed by atoms with van der Waals surface area (Å²) in [6, 6.07) is 6.57. The van der Waals surface area contributed by atoms with E-state index >= 15 is 0 Å². The van der Waals surface area contributed by atoms with E-state index in [2.05, 4.69) is 30.7 Å². The van der Waals surface area contributed by atoms with Crippen molar-refractivity contribution < 1.29 is 17.7 Å². The number of nitrogens with zero attached hydrogens (tertiary/aromatic N) is 5. The fourth-order valence-corrected chi connectivity index (χ4v) is 5.67. The van der Waals surface area contributed by atoms with E-state index in [0.717, 1.165) is 11.4 Å². The minimum absolute atomic E-state index is 0.238. The van der Waals surface area contributed by atoms with E-state index in [-0.39, 0.29) is 4.90 Å². The third-order valence-corrected chi connectivity index (χ3v) is 7.98. The number of hydrogen-bond donors (Lipinski definition) is 2. The minimum atomic E-state index is -3.55. The molecular weight excluding hydrogens is 466 g/mol. The van der Waals surface area contributed by atoms with Crippen LogP contribution < -0.4 is 10.6 Å². The van der Waals surface area contributed by atoms with Crippen molar-refractivity contribution in [1.82, 2.24) is 24.4 Å². The largest absolute Gasteiger partial charge is 0.379 e. The number of sulfonamides is 1. The lowest BCUT2D eigenvalue weighted by Gasteiger charge is -2.26. The Bertz CT molecular complexity index is 1370. The van der Waals surface area contributed by atoms with Crippen molar-refractivity contribution in [3.8, 4) is 0 Å². The molecule has 3 aromatic heterocycles. The summed E-state index contributed by atoms with van der Waals surface area (Å²) in [7, 11) is -3.55. The Morgan fingerprint density at radius 3 is 2.52 bits per heavy atom. The number of anilines is 4. The summed E-state index contributed by atoms with van der Waals surface area (Å²) >= 11 is 1.38. The monoisotopic (exact) mass is 487 g/mol. The van der Waals surface area contributed by atoms with Gasteiger partial charge in [0.1, 0.15) is 23.2 Å². The third-order valence-electron chi connectivity index (χ3n) is 5.19. The Kier molecular flexibility index (Phi) is 5.70. The van der Waals surface area contributed by atoms with Gasteiger partial charge in [0.2, 0.25) is 10.0 Å². The maximum atomic E-state index is 12.8. The topological polar surface area (TPSA) is 135 Å². The van der Waals surface area contributed by atoms with Gasteiger partial charge in [-0.15, -0.1) is 0 Å². The summed E-state index contributed by atoms with van der Waals surface area (Å²) in [5.41, 5.74) is 2.79. The molecule has 0 aliphatic carbocycles. The SMILES string of the molecule is Cc1noc(C)c1Nc1nc2c(Nc3ccc(S(=O)(=O)N4CCOCC4)cc3)ncnc2s1. The lowest BCUT2D eigenvalue weighted by atomic mass is 10.3. The Balaban J connectivity index is 1.37. The molecule has 2 N–H and O–H groups in total. The Labute approximate surface area is 193 Å². The first-order chi connectivity index (χ1) is 15.9. The van der Waals surface area contributed by atoms with E-state index in [1.165, 1.54) is 22.0 Å². The number of ether oxygens (including phenoxy) is 1. The summed E-state index contributed by atoms with van der Waals surface area (Å²) in [5.74, 6) is 1.19. The number of aryl methyl sites for hydroxylation is 2. The first-order valence-corrected chi connectivity index (χ1v) is 12.4. The van der Waals surface area contributed by atoms with Gasteiger partial charge in [0.05, 0.1) is 18.1 Å². The smallest absolute Gasteiger partial charge is 0.243 e. The van der Waals surface area contributed by atoms with Gasteiger partial charge in [0, 0.05) is 18.8 Å². The summed E-state index contributed by atoms with van der Waals surface area (Å²) < 4.78 is 37.5. The number of nitrogens with one attached hydrogen (secondary N) is 2. The van der Waals surface area contributed by atoms with Crippen molar-refractivity contribution in [3.05, 3.63) is 42.0 Å². The lowest BCUT2D eigenvalue weighted by Crippen LogP contribution is -2.40. The van der Waals surface area contributed by atoms with E-state index in [4.69, 9.17) is 9.26 Å². The number of benzene rings is 1. The average Bonchev–Trinajstić information content (AvgIpc) is 3.39. The molecule has 4 heterocycles. The molecule has 1 aromatic carbocycles. The van der Waals surface area contributed by atoms with E-state index in [1.807, 2.05) is 13.8 Å². The van der Waals surface area contributed by atoms with Gasteiger partial charge in [-0.1, -0.05) is 16.5 Å². The highest BCUT2D eigenvalue weighted by Crippen LogP contribution is 2.33. The van der Waals surface area contributed by atoms with Gasteiger partial charge in [-0.3, -0.25) is 0 Å². The molecular formula is C20H21N7O4S2. The predicted molar refractivity (Wildman–Crippen MR) is 124 cm³/mol. The number of aromatic nitrogens is 4. The van der Waals surface area contributed by atoms with E-state index in [0.29, 0.717) is 59.0 Å². The van der Waals surface area contributed by atoms with Crippen LogP contribution in [0.3, 0.4) is 0 Å². The summed E-state index contributed by atoms with van der Waals surface area (Å²) in [6.45, 7) is 5.20. The second-order valence-electron chi connectivity index (χ2n) is 7.39. The second-order valence-corrected chi connectivity index (χ2v) is 10.3. The molecule has 0 bridgehead atoms. The average molecular weight is 488 g/mol. The third kappa shape index (κ3) is 4.27. The molecule has 4 aromatic rings. The zero-order valence-corrected chi connectivity index (χ0v) is 19.5. The first kappa shape index (κ1) is 21.7. The van der Waals surface area contributed by atoms with Crippen LogP contribution in [0.1, 0.15) is 11.5 Å². The van der Waals surface area contributed by atoms with Gasteiger partial charge < -0.3 is 19.9 Å². The maximum absolute atomic E-state index is 12.8. The fraction of sp³-hybridized carbons (Fsp3) is 0.300. The van der Waals surface area contributed by atoms with Gasteiger partial charge in [-0.2, -0.15) is 4.31 Å². The van der Waals surface area contributed by atoms with E-state index in [1.54, 1.807) is 24.3 Å². The van der Waals surface area contributed by atoms with Gasteiger partial charge >= 0.3 is 0 Å². The zero-order chi connectivity index (χ0) is 23.0. The van der Waals surface area contributed by atoms with Crippen LogP contribution in [0, 0.1) is 13.8 Å². The van der Waals surface area contributed by atoms with Crippen molar-refractivity contribution in [2.75, 3.05) is 36.9 Å². The number of fused-ring (bicyclic) bond motifs is 1. The van der Waals surface area contributed by atoms with Crippen LogP contribution in [-0.2, 0) is 14.8 Å². The minimum Gasteiger partial charge on any atom is -0.379 e. The Hall–Kier alpha value is -3.13. The molecule has 0 spiro atoms. The van der Waals surface area contributed by atoms with Crippen LogP contribution in [0.5, 0.6) is 0 Å². The number of rotatable bonds is 6. The molecule has 1 aliphatic rings. The van der Waals surface area contributed by atoms with Crippen molar-refractivity contribution in [3.63, 3.8) is 0 Å². The maximum Gasteiger partial charge on any atom is 0.243 e. The molecule has 0 amide bonds. The predicted octanol–water partition coefficient (Wildman–Crippen LogP) is 3.20. The second kappa shape index (κ2) is 8.67.